The molecule has 4 N–H and O–H groups in total. The van der Waals surface area contributed by atoms with Crippen LogP contribution in [0.2, 0.25) is 10.0 Å². The minimum atomic E-state index is -0.328. The molecule has 2 aromatic carbocycles. The number of nitrogens with two attached hydrogens (primary N) is 1. The van der Waals surface area contributed by atoms with Crippen molar-refractivity contribution in [2.24, 2.45) is 10.9 Å². The van der Waals surface area contributed by atoms with E-state index in [1.807, 2.05) is 0 Å². The Balaban J connectivity index is 2.17. The van der Waals surface area contributed by atoms with Crippen LogP contribution < -0.4 is 11.1 Å². The van der Waals surface area contributed by atoms with Crippen LogP contribution in [0.4, 0.5) is 5.69 Å². The fraction of sp³-hybridized carbons (Fsp3) is 0. The van der Waals surface area contributed by atoms with E-state index in [9.17, 15) is 4.79 Å². The van der Waals surface area contributed by atoms with Crippen LogP contribution in [0, 0.1) is 0 Å². The molecule has 21 heavy (non-hydrogen) atoms. The first-order chi connectivity index (χ1) is 10.0. The minimum absolute atomic E-state index is 0.0253. The summed E-state index contributed by atoms with van der Waals surface area (Å²) >= 11 is 11.8. The van der Waals surface area contributed by atoms with Crippen molar-refractivity contribution in [2.75, 3.05) is 5.32 Å². The maximum absolute atomic E-state index is 12.1. The number of amidine groups is 1. The highest BCUT2D eigenvalue weighted by atomic mass is 35.5. The monoisotopic (exact) mass is 323 g/mol. The lowest BCUT2D eigenvalue weighted by Crippen LogP contribution is -2.15. The second-order valence-corrected chi connectivity index (χ2v) is 4.98. The first-order valence-electron chi connectivity index (χ1n) is 5.85. The van der Waals surface area contributed by atoms with E-state index >= 15 is 0 Å². The maximum atomic E-state index is 12.1. The van der Waals surface area contributed by atoms with Gasteiger partial charge in [0.25, 0.3) is 5.91 Å². The summed E-state index contributed by atoms with van der Waals surface area (Å²) in [6, 6.07) is 11.1. The summed E-state index contributed by atoms with van der Waals surface area (Å²) in [5.74, 6) is -0.354. The molecule has 0 aliphatic carbocycles. The second-order valence-electron chi connectivity index (χ2n) is 4.14. The molecule has 2 rings (SSSR count). The van der Waals surface area contributed by atoms with Gasteiger partial charge in [-0.2, -0.15) is 0 Å². The van der Waals surface area contributed by atoms with Gasteiger partial charge in [0, 0.05) is 16.1 Å². The molecule has 2 aromatic rings. The number of nitrogens with one attached hydrogen (secondary N) is 1. The zero-order valence-electron chi connectivity index (χ0n) is 10.7. The van der Waals surface area contributed by atoms with Crippen molar-refractivity contribution in [1.29, 1.82) is 0 Å². The van der Waals surface area contributed by atoms with E-state index in [2.05, 4.69) is 10.5 Å². The third-order valence-electron chi connectivity index (χ3n) is 2.73. The fourth-order valence-electron chi connectivity index (χ4n) is 1.64. The lowest BCUT2D eigenvalue weighted by Gasteiger charge is -2.08. The van der Waals surface area contributed by atoms with Gasteiger partial charge in [-0.1, -0.05) is 40.5 Å². The van der Waals surface area contributed by atoms with Crippen LogP contribution in [-0.2, 0) is 0 Å². The van der Waals surface area contributed by atoms with Crippen molar-refractivity contribution in [3.63, 3.8) is 0 Å². The Morgan fingerprint density at radius 2 is 1.71 bits per heavy atom. The van der Waals surface area contributed by atoms with Gasteiger partial charge in [0.15, 0.2) is 5.84 Å². The molecule has 0 aliphatic rings. The van der Waals surface area contributed by atoms with E-state index in [1.165, 1.54) is 0 Å². The number of halogens is 2. The first-order valence-corrected chi connectivity index (χ1v) is 6.61. The number of nitrogens with zero attached hydrogens (tertiary/aromatic N) is 1. The van der Waals surface area contributed by atoms with Gasteiger partial charge in [-0.05, 0) is 30.3 Å². The van der Waals surface area contributed by atoms with Crippen LogP contribution in [-0.4, -0.2) is 17.0 Å². The van der Waals surface area contributed by atoms with E-state index in [0.717, 1.165) is 0 Å². The van der Waals surface area contributed by atoms with Crippen LogP contribution in [0.15, 0.2) is 47.6 Å². The average molecular weight is 324 g/mol. The number of carbonyl (C=O) groups excluding carboxylic acids is 1. The lowest BCUT2D eigenvalue weighted by atomic mass is 10.1. The molecular formula is C14H11Cl2N3O2. The SMILES string of the molecule is N/C(=N\O)c1ccc(C(=O)Nc2ccc(Cl)cc2Cl)cc1. The van der Waals surface area contributed by atoms with Crippen LogP contribution in [0.25, 0.3) is 0 Å². The van der Waals surface area contributed by atoms with Crippen LogP contribution in [0.1, 0.15) is 15.9 Å². The Kier molecular flexibility index (Phi) is 4.67. The molecule has 0 saturated carbocycles. The van der Waals surface area contributed by atoms with Crippen molar-refractivity contribution in [3.05, 3.63) is 63.6 Å². The number of amides is 1. The number of carbonyl (C=O) groups is 1. The van der Waals surface area contributed by atoms with Gasteiger partial charge in [-0.3, -0.25) is 4.79 Å². The Hall–Kier alpha value is -2.24. The van der Waals surface area contributed by atoms with Crippen LogP contribution >= 0.6 is 23.2 Å². The van der Waals surface area contributed by atoms with Crippen molar-refractivity contribution in [3.8, 4) is 0 Å². The van der Waals surface area contributed by atoms with Gasteiger partial charge in [-0.25, -0.2) is 0 Å². The van der Waals surface area contributed by atoms with Crippen LogP contribution in [0.5, 0.6) is 0 Å². The van der Waals surface area contributed by atoms with Gasteiger partial charge in [0.1, 0.15) is 0 Å². The third kappa shape index (κ3) is 3.65. The Bertz CT molecular complexity index is 700. The van der Waals surface area contributed by atoms with E-state index in [0.29, 0.717) is 26.9 Å². The molecule has 0 aliphatic heterocycles. The zero-order valence-corrected chi connectivity index (χ0v) is 12.2. The molecule has 0 spiro atoms. The summed E-state index contributed by atoms with van der Waals surface area (Å²) in [5, 5.41) is 15.0. The summed E-state index contributed by atoms with van der Waals surface area (Å²) in [4.78, 5) is 12.1. The Labute approximate surface area is 131 Å². The molecule has 0 saturated heterocycles. The Morgan fingerprint density at radius 3 is 2.29 bits per heavy atom. The van der Waals surface area contributed by atoms with E-state index in [4.69, 9.17) is 34.1 Å². The Morgan fingerprint density at radius 1 is 1.10 bits per heavy atom. The number of oxime groups is 1. The molecule has 0 atom stereocenters. The van der Waals surface area contributed by atoms with Gasteiger partial charge >= 0.3 is 0 Å². The third-order valence-corrected chi connectivity index (χ3v) is 3.28. The normalized spacial score (nSPS) is 11.2. The summed E-state index contributed by atoms with van der Waals surface area (Å²) < 4.78 is 0. The van der Waals surface area contributed by atoms with Gasteiger partial charge in [0.2, 0.25) is 0 Å². The second kappa shape index (κ2) is 6.47. The van der Waals surface area contributed by atoms with Gasteiger partial charge in [0.05, 0.1) is 10.7 Å². The van der Waals surface area contributed by atoms with Crippen molar-refractivity contribution >= 4 is 40.6 Å². The number of hydrogen-bond acceptors (Lipinski definition) is 3. The summed E-state index contributed by atoms with van der Waals surface area (Å²) in [6.45, 7) is 0. The molecule has 0 bridgehead atoms. The maximum Gasteiger partial charge on any atom is 0.255 e. The van der Waals surface area contributed by atoms with Gasteiger partial charge in [-0.15, -0.1) is 0 Å². The van der Waals surface area contributed by atoms with Crippen molar-refractivity contribution in [1.82, 2.24) is 0 Å². The highest BCUT2D eigenvalue weighted by molar-refractivity contribution is 6.36. The number of hydrogen-bond donors (Lipinski definition) is 3. The molecule has 0 fully saturated rings. The highest BCUT2D eigenvalue weighted by Crippen LogP contribution is 2.25. The quantitative estimate of drug-likeness (QED) is 0.350. The molecule has 0 aromatic heterocycles. The molecule has 108 valence electrons. The molecule has 1 amide bonds. The predicted molar refractivity (Wildman–Crippen MR) is 83.4 cm³/mol. The lowest BCUT2D eigenvalue weighted by molar-refractivity contribution is 0.102. The molecular weight excluding hydrogens is 313 g/mol. The smallest absolute Gasteiger partial charge is 0.255 e. The largest absolute Gasteiger partial charge is 0.409 e. The topological polar surface area (TPSA) is 87.7 Å². The fourth-order valence-corrected chi connectivity index (χ4v) is 2.09. The highest BCUT2D eigenvalue weighted by Gasteiger charge is 2.09. The number of anilines is 1. The molecule has 0 heterocycles. The molecule has 5 nitrogen and oxygen atoms in total. The average Bonchev–Trinajstić information content (AvgIpc) is 2.49. The first kappa shape index (κ1) is 15.2. The standard InChI is InChI=1S/C14H11Cl2N3O2/c15-10-5-6-12(11(16)7-10)18-14(20)9-3-1-8(2-4-9)13(17)19-21/h1-7,21H,(H2,17,19)(H,18,20). The van der Waals surface area contributed by atoms with Gasteiger partial charge < -0.3 is 16.3 Å². The zero-order chi connectivity index (χ0) is 15.4. The number of rotatable bonds is 3. The molecule has 0 radical (unpaired) electrons. The van der Waals surface area contributed by atoms with Crippen LogP contribution in [0.3, 0.4) is 0 Å². The number of benzene rings is 2. The van der Waals surface area contributed by atoms with E-state index in [-0.39, 0.29) is 11.7 Å². The molecule has 0 unspecified atom stereocenters. The predicted octanol–water partition coefficient (Wildman–Crippen LogP) is 3.34. The summed E-state index contributed by atoms with van der Waals surface area (Å²) in [7, 11) is 0. The summed E-state index contributed by atoms with van der Waals surface area (Å²) in [5.41, 5.74) is 6.84. The summed E-state index contributed by atoms with van der Waals surface area (Å²) in [6.07, 6.45) is 0. The minimum Gasteiger partial charge on any atom is -0.409 e. The van der Waals surface area contributed by atoms with Crippen molar-refractivity contribution in [2.45, 2.75) is 0 Å². The van der Waals surface area contributed by atoms with E-state index in [1.54, 1.807) is 42.5 Å². The van der Waals surface area contributed by atoms with E-state index < -0.39 is 0 Å². The molecule has 7 heteroatoms. The van der Waals surface area contributed by atoms with Crippen molar-refractivity contribution < 1.29 is 10.0 Å².